The molecule has 1 atom stereocenters. The first kappa shape index (κ1) is 22.3. The first-order valence-electron chi connectivity index (χ1n) is 9.48. The van der Waals surface area contributed by atoms with E-state index in [4.69, 9.17) is 0 Å². The molecule has 3 aromatic heterocycles. The molecule has 5 nitrogen and oxygen atoms in total. The number of nitrogens with zero attached hydrogens (tertiary/aromatic N) is 2. The number of rotatable bonds is 4. The van der Waals surface area contributed by atoms with Gasteiger partial charge < -0.3 is 10.3 Å². The van der Waals surface area contributed by atoms with E-state index in [0.29, 0.717) is 5.65 Å². The Morgan fingerprint density at radius 2 is 1.64 bits per heavy atom. The number of carbonyl (C=O) groups excluding carboxylic acids is 1. The maximum absolute atomic E-state index is 13.6. The monoisotopic (exact) mass is 464 g/mol. The highest BCUT2D eigenvalue weighted by Gasteiger charge is 2.37. The van der Waals surface area contributed by atoms with Crippen LogP contribution in [-0.2, 0) is 12.4 Å². The Kier molecular flexibility index (Phi) is 5.56. The third kappa shape index (κ3) is 4.66. The Bertz CT molecular complexity index is 1290. The summed E-state index contributed by atoms with van der Waals surface area (Å²) >= 11 is 0. The van der Waals surface area contributed by atoms with Crippen molar-refractivity contribution in [2.24, 2.45) is 0 Å². The molecule has 0 bridgehead atoms. The smallest absolute Gasteiger partial charge is 0.346 e. The maximum atomic E-state index is 13.6. The van der Waals surface area contributed by atoms with E-state index >= 15 is 0 Å². The van der Waals surface area contributed by atoms with Gasteiger partial charge in [0.25, 0.3) is 5.91 Å². The van der Waals surface area contributed by atoms with Crippen LogP contribution in [0.3, 0.4) is 0 Å². The van der Waals surface area contributed by atoms with E-state index in [1.807, 2.05) is 0 Å². The summed E-state index contributed by atoms with van der Waals surface area (Å²) in [6, 6.07) is 8.56. The molecule has 11 heteroatoms. The Balaban J connectivity index is 1.77. The average Bonchev–Trinajstić information content (AvgIpc) is 3.24. The molecule has 3 heterocycles. The molecule has 2 N–H and O–H groups in total. The molecule has 0 spiro atoms. The van der Waals surface area contributed by atoms with Crippen molar-refractivity contribution in [1.82, 2.24) is 20.3 Å². The highest BCUT2D eigenvalue weighted by molar-refractivity contribution is 5.94. The minimum atomic E-state index is -4.81. The summed E-state index contributed by atoms with van der Waals surface area (Å²) < 4.78 is 79.7. The van der Waals surface area contributed by atoms with Gasteiger partial charge in [-0.25, -0.2) is 4.98 Å². The molecular weight excluding hydrogens is 450 g/mol. The molecule has 0 aliphatic carbocycles. The number of aromatic amines is 1. The van der Waals surface area contributed by atoms with Gasteiger partial charge in [0.2, 0.25) is 0 Å². The lowest BCUT2D eigenvalue weighted by molar-refractivity contribution is -0.139. The van der Waals surface area contributed by atoms with Crippen molar-refractivity contribution in [3.8, 4) is 0 Å². The molecule has 33 heavy (non-hydrogen) atoms. The van der Waals surface area contributed by atoms with Crippen molar-refractivity contribution in [2.45, 2.75) is 18.4 Å². The second-order valence-corrected chi connectivity index (χ2v) is 7.07. The maximum Gasteiger partial charge on any atom is 0.418 e. The Morgan fingerprint density at radius 3 is 2.30 bits per heavy atom. The third-order valence-electron chi connectivity index (χ3n) is 4.91. The Hall–Kier alpha value is -3.89. The number of nitrogens with one attached hydrogen (secondary N) is 2. The topological polar surface area (TPSA) is 70.7 Å². The molecule has 0 radical (unpaired) electrons. The number of amides is 1. The van der Waals surface area contributed by atoms with Gasteiger partial charge in [-0.05, 0) is 48.0 Å². The van der Waals surface area contributed by atoms with Crippen molar-refractivity contribution < 1.29 is 31.1 Å². The van der Waals surface area contributed by atoms with Gasteiger partial charge >= 0.3 is 12.4 Å². The number of H-pyrrole nitrogens is 1. The van der Waals surface area contributed by atoms with Crippen molar-refractivity contribution in [2.75, 3.05) is 0 Å². The molecule has 170 valence electrons. The van der Waals surface area contributed by atoms with Crippen LogP contribution in [0.1, 0.15) is 38.9 Å². The Labute approximate surface area is 182 Å². The van der Waals surface area contributed by atoms with Gasteiger partial charge in [-0.2, -0.15) is 26.3 Å². The van der Waals surface area contributed by atoms with Gasteiger partial charge in [0.05, 0.1) is 22.9 Å². The van der Waals surface area contributed by atoms with Crippen molar-refractivity contribution in [3.05, 3.63) is 95.1 Å². The molecule has 0 aliphatic heterocycles. The minimum absolute atomic E-state index is 0.0125. The number of hydrogen-bond acceptors (Lipinski definition) is 3. The second kappa shape index (κ2) is 8.23. The van der Waals surface area contributed by atoms with Crippen LogP contribution in [0.2, 0.25) is 0 Å². The van der Waals surface area contributed by atoms with E-state index in [0.717, 1.165) is 48.0 Å². The van der Waals surface area contributed by atoms with Crippen LogP contribution in [0.25, 0.3) is 11.0 Å². The summed E-state index contributed by atoms with van der Waals surface area (Å²) in [4.78, 5) is 23.6. The highest BCUT2D eigenvalue weighted by Crippen LogP contribution is 2.36. The summed E-state index contributed by atoms with van der Waals surface area (Å²) in [7, 11) is 0. The van der Waals surface area contributed by atoms with Gasteiger partial charge in [-0.15, -0.1) is 0 Å². The number of pyridine rings is 2. The molecule has 0 saturated carbocycles. The van der Waals surface area contributed by atoms with Crippen LogP contribution < -0.4 is 5.32 Å². The molecule has 0 aliphatic rings. The summed E-state index contributed by atoms with van der Waals surface area (Å²) in [5.41, 5.74) is -2.37. The molecule has 0 fully saturated rings. The van der Waals surface area contributed by atoms with Crippen molar-refractivity contribution in [3.63, 3.8) is 0 Å². The highest BCUT2D eigenvalue weighted by atomic mass is 19.4. The molecule has 0 saturated heterocycles. The summed E-state index contributed by atoms with van der Waals surface area (Å²) in [6.45, 7) is 0. The molecule has 4 rings (SSSR count). The van der Waals surface area contributed by atoms with E-state index in [1.165, 1.54) is 6.07 Å². The van der Waals surface area contributed by atoms with Crippen LogP contribution in [0.15, 0.2) is 67.0 Å². The second-order valence-electron chi connectivity index (χ2n) is 7.07. The number of hydrogen-bond donors (Lipinski definition) is 2. The number of benzene rings is 1. The van der Waals surface area contributed by atoms with Crippen LogP contribution in [0.5, 0.6) is 0 Å². The zero-order valence-electron chi connectivity index (χ0n) is 16.5. The van der Waals surface area contributed by atoms with Gasteiger partial charge in [0, 0.05) is 17.8 Å². The fourth-order valence-electron chi connectivity index (χ4n) is 3.32. The Morgan fingerprint density at radius 1 is 0.909 bits per heavy atom. The molecular formula is C22H14F6N4O. The summed E-state index contributed by atoms with van der Waals surface area (Å²) in [5.74, 6) is -0.824. The zero-order chi connectivity index (χ0) is 23.8. The number of aromatic nitrogens is 3. The first-order valence-corrected chi connectivity index (χ1v) is 9.48. The van der Waals surface area contributed by atoms with E-state index < -0.39 is 41.1 Å². The predicted octanol–water partition coefficient (Wildman–Crippen LogP) is 5.51. The van der Waals surface area contributed by atoms with E-state index in [-0.39, 0.29) is 11.3 Å². The van der Waals surface area contributed by atoms with Crippen molar-refractivity contribution in [1.29, 1.82) is 0 Å². The molecule has 1 aromatic carbocycles. The number of alkyl halides is 6. The van der Waals surface area contributed by atoms with E-state index in [9.17, 15) is 31.1 Å². The summed E-state index contributed by atoms with van der Waals surface area (Å²) in [6.07, 6.45) is -6.72. The van der Waals surface area contributed by atoms with Gasteiger partial charge in [0.15, 0.2) is 0 Å². The van der Waals surface area contributed by atoms with Gasteiger partial charge in [0.1, 0.15) is 11.3 Å². The molecule has 0 unspecified atom stereocenters. The largest absolute Gasteiger partial charge is 0.418 e. The van der Waals surface area contributed by atoms with Crippen LogP contribution in [0.4, 0.5) is 26.3 Å². The SMILES string of the molecule is O=C(N[C@@H](c1ccc(C(F)(F)F)cc1)c1ncccc1C(F)(F)F)c1ccc2cc[nH]c2n1. The first-order chi connectivity index (χ1) is 15.5. The molecule has 4 aromatic rings. The minimum Gasteiger partial charge on any atom is -0.346 e. The quantitative estimate of drug-likeness (QED) is 0.391. The van der Waals surface area contributed by atoms with Crippen LogP contribution >= 0.6 is 0 Å². The standard InChI is InChI=1S/C22H14F6N4O/c23-21(24,25)14-6-3-12(4-7-14)17(18-15(22(26,27)28)2-1-10-29-18)32-20(33)16-8-5-13-9-11-30-19(13)31-16/h1-11,17H,(H,30,31)(H,32,33)/t17-/m0/s1. The average molecular weight is 464 g/mol. The van der Waals surface area contributed by atoms with Gasteiger partial charge in [-0.1, -0.05) is 12.1 Å². The van der Waals surface area contributed by atoms with Crippen molar-refractivity contribution >= 4 is 16.9 Å². The van der Waals surface area contributed by atoms with Gasteiger partial charge in [-0.3, -0.25) is 9.78 Å². The fourth-order valence-corrected chi connectivity index (χ4v) is 3.32. The molecule has 1 amide bonds. The van der Waals surface area contributed by atoms with Crippen LogP contribution in [-0.4, -0.2) is 20.9 Å². The zero-order valence-corrected chi connectivity index (χ0v) is 16.5. The van der Waals surface area contributed by atoms with Crippen LogP contribution in [0, 0.1) is 0 Å². The third-order valence-corrected chi connectivity index (χ3v) is 4.91. The lowest BCUT2D eigenvalue weighted by Gasteiger charge is -2.22. The predicted molar refractivity (Wildman–Crippen MR) is 106 cm³/mol. The lowest BCUT2D eigenvalue weighted by Crippen LogP contribution is -2.32. The van der Waals surface area contributed by atoms with E-state index in [2.05, 4.69) is 20.3 Å². The lowest BCUT2D eigenvalue weighted by atomic mass is 9.97. The number of carbonyl (C=O) groups is 1. The number of halogens is 6. The normalized spacial score (nSPS) is 13.2. The van der Waals surface area contributed by atoms with E-state index in [1.54, 1.807) is 18.3 Å². The number of fused-ring (bicyclic) bond motifs is 1. The fraction of sp³-hybridized carbons (Fsp3) is 0.136. The summed E-state index contributed by atoms with van der Waals surface area (Å²) in [5, 5.41) is 3.15.